The molecule has 0 aliphatic carbocycles. The SMILES string of the molecule is CCC1(C)C(=O)OC(C)(C(C)C)C1C. The maximum Gasteiger partial charge on any atom is 0.312 e. The maximum absolute atomic E-state index is 11.8. The van der Waals surface area contributed by atoms with Crippen molar-refractivity contribution in [3.05, 3.63) is 0 Å². The van der Waals surface area contributed by atoms with Crippen LogP contribution in [-0.2, 0) is 9.53 Å². The molecule has 0 saturated carbocycles. The smallest absolute Gasteiger partial charge is 0.312 e. The van der Waals surface area contributed by atoms with E-state index in [9.17, 15) is 4.79 Å². The highest BCUT2D eigenvalue weighted by atomic mass is 16.6. The van der Waals surface area contributed by atoms with Crippen LogP contribution >= 0.6 is 0 Å². The molecule has 1 saturated heterocycles. The molecule has 0 N–H and O–H groups in total. The summed E-state index contributed by atoms with van der Waals surface area (Å²) in [6.45, 7) is 12.5. The molecule has 3 unspecified atom stereocenters. The van der Waals surface area contributed by atoms with Crippen LogP contribution in [0.5, 0.6) is 0 Å². The van der Waals surface area contributed by atoms with E-state index >= 15 is 0 Å². The minimum atomic E-state index is -0.293. The zero-order valence-electron chi connectivity index (χ0n) is 10.2. The highest BCUT2D eigenvalue weighted by Crippen LogP contribution is 2.50. The third-order valence-corrected chi connectivity index (χ3v) is 4.48. The van der Waals surface area contributed by atoms with E-state index < -0.39 is 0 Å². The van der Waals surface area contributed by atoms with Crippen molar-refractivity contribution in [2.24, 2.45) is 17.3 Å². The van der Waals surface area contributed by atoms with E-state index in [4.69, 9.17) is 4.74 Å². The molecule has 0 amide bonds. The molecule has 0 aromatic carbocycles. The lowest BCUT2D eigenvalue weighted by Gasteiger charge is -2.34. The molecular formula is C12H22O2. The van der Waals surface area contributed by atoms with Gasteiger partial charge in [0.2, 0.25) is 0 Å². The molecular weight excluding hydrogens is 176 g/mol. The van der Waals surface area contributed by atoms with Crippen molar-refractivity contribution < 1.29 is 9.53 Å². The lowest BCUT2D eigenvalue weighted by Crippen LogP contribution is -2.39. The summed E-state index contributed by atoms with van der Waals surface area (Å²) >= 11 is 0. The van der Waals surface area contributed by atoms with E-state index in [1.54, 1.807) is 0 Å². The molecule has 14 heavy (non-hydrogen) atoms. The molecule has 0 aromatic heterocycles. The molecule has 1 aliphatic rings. The second-order valence-electron chi connectivity index (χ2n) is 5.22. The normalized spacial score (nSPS) is 43.1. The Labute approximate surface area is 87.0 Å². The Balaban J connectivity index is 3.06. The quantitative estimate of drug-likeness (QED) is 0.637. The standard InChI is InChI=1S/C12H22O2/c1-7-11(5)9(4)12(6,8(2)3)14-10(11)13/h8-9H,7H2,1-6H3. The average Bonchev–Trinajstić information content (AvgIpc) is 2.30. The van der Waals surface area contributed by atoms with Gasteiger partial charge in [0.25, 0.3) is 0 Å². The van der Waals surface area contributed by atoms with Crippen LogP contribution in [0, 0.1) is 17.3 Å². The Hall–Kier alpha value is -0.530. The van der Waals surface area contributed by atoms with Crippen LogP contribution in [-0.4, -0.2) is 11.6 Å². The summed E-state index contributed by atoms with van der Waals surface area (Å²) in [7, 11) is 0. The molecule has 0 spiro atoms. The molecule has 1 fully saturated rings. The van der Waals surface area contributed by atoms with Crippen LogP contribution in [0.4, 0.5) is 0 Å². The van der Waals surface area contributed by atoms with Crippen LogP contribution in [0.3, 0.4) is 0 Å². The van der Waals surface area contributed by atoms with Gasteiger partial charge in [0, 0.05) is 5.92 Å². The number of esters is 1. The highest BCUT2D eigenvalue weighted by Gasteiger charge is 2.58. The lowest BCUT2D eigenvalue weighted by atomic mass is 9.68. The monoisotopic (exact) mass is 198 g/mol. The number of carbonyl (C=O) groups is 1. The second kappa shape index (κ2) is 3.25. The number of carbonyl (C=O) groups excluding carboxylic acids is 1. The van der Waals surface area contributed by atoms with Crippen molar-refractivity contribution in [1.29, 1.82) is 0 Å². The molecule has 0 aromatic rings. The van der Waals surface area contributed by atoms with Gasteiger partial charge in [-0.2, -0.15) is 0 Å². The topological polar surface area (TPSA) is 26.3 Å². The molecule has 2 nitrogen and oxygen atoms in total. The van der Waals surface area contributed by atoms with Crippen LogP contribution in [0.15, 0.2) is 0 Å². The molecule has 82 valence electrons. The van der Waals surface area contributed by atoms with Gasteiger partial charge in [-0.3, -0.25) is 4.79 Å². The predicted octanol–water partition coefficient (Wildman–Crippen LogP) is 3.01. The fraction of sp³-hybridized carbons (Fsp3) is 0.917. The summed E-state index contributed by atoms with van der Waals surface area (Å²) in [6, 6.07) is 0. The summed E-state index contributed by atoms with van der Waals surface area (Å²) in [6.07, 6.45) is 0.856. The van der Waals surface area contributed by atoms with Crippen molar-refractivity contribution >= 4 is 5.97 Å². The number of cyclic esters (lactones) is 1. The van der Waals surface area contributed by atoms with Crippen LogP contribution < -0.4 is 0 Å². The van der Waals surface area contributed by atoms with Crippen molar-refractivity contribution in [2.45, 2.75) is 53.6 Å². The van der Waals surface area contributed by atoms with Crippen molar-refractivity contribution in [1.82, 2.24) is 0 Å². The zero-order valence-corrected chi connectivity index (χ0v) is 10.2. The third kappa shape index (κ3) is 1.27. The van der Waals surface area contributed by atoms with E-state index in [1.807, 2.05) is 6.92 Å². The number of ether oxygens (including phenoxy) is 1. The lowest BCUT2D eigenvalue weighted by molar-refractivity contribution is -0.155. The van der Waals surface area contributed by atoms with E-state index in [1.165, 1.54) is 0 Å². The molecule has 0 bridgehead atoms. The summed E-state index contributed by atoms with van der Waals surface area (Å²) < 4.78 is 5.59. The second-order valence-corrected chi connectivity index (χ2v) is 5.22. The minimum Gasteiger partial charge on any atom is -0.458 e. The van der Waals surface area contributed by atoms with Gasteiger partial charge < -0.3 is 4.74 Å². The highest BCUT2D eigenvalue weighted by molar-refractivity contribution is 5.79. The van der Waals surface area contributed by atoms with E-state index in [0.29, 0.717) is 5.92 Å². The van der Waals surface area contributed by atoms with Crippen LogP contribution in [0.2, 0.25) is 0 Å². The Kier molecular flexibility index (Phi) is 2.68. The number of hydrogen-bond donors (Lipinski definition) is 0. The van der Waals surface area contributed by atoms with E-state index in [2.05, 4.69) is 34.6 Å². The van der Waals surface area contributed by atoms with E-state index in [-0.39, 0.29) is 22.9 Å². The zero-order chi connectivity index (χ0) is 11.1. The molecule has 1 aliphatic heterocycles. The Morgan fingerprint density at radius 3 is 2.14 bits per heavy atom. The number of hydrogen-bond acceptors (Lipinski definition) is 2. The van der Waals surface area contributed by atoms with Gasteiger partial charge in [-0.15, -0.1) is 0 Å². The molecule has 1 heterocycles. The van der Waals surface area contributed by atoms with Gasteiger partial charge in [0.15, 0.2) is 0 Å². The fourth-order valence-corrected chi connectivity index (χ4v) is 2.28. The summed E-state index contributed by atoms with van der Waals surface area (Å²) in [5, 5.41) is 0. The van der Waals surface area contributed by atoms with Crippen molar-refractivity contribution in [3.63, 3.8) is 0 Å². The van der Waals surface area contributed by atoms with Gasteiger partial charge in [0.1, 0.15) is 5.60 Å². The van der Waals surface area contributed by atoms with E-state index in [0.717, 1.165) is 6.42 Å². The molecule has 2 heteroatoms. The Morgan fingerprint density at radius 2 is 1.93 bits per heavy atom. The molecule has 3 atom stereocenters. The van der Waals surface area contributed by atoms with Gasteiger partial charge in [-0.25, -0.2) is 0 Å². The first-order chi connectivity index (χ1) is 6.29. The van der Waals surface area contributed by atoms with Gasteiger partial charge in [0.05, 0.1) is 5.41 Å². The van der Waals surface area contributed by atoms with Gasteiger partial charge >= 0.3 is 5.97 Å². The number of rotatable bonds is 2. The maximum atomic E-state index is 11.8. The average molecular weight is 198 g/mol. The Morgan fingerprint density at radius 1 is 1.43 bits per heavy atom. The summed E-state index contributed by atoms with van der Waals surface area (Å²) in [5.41, 5.74) is -0.582. The summed E-state index contributed by atoms with van der Waals surface area (Å²) in [4.78, 5) is 11.8. The summed E-state index contributed by atoms with van der Waals surface area (Å²) in [5.74, 6) is 0.631. The molecule has 1 rings (SSSR count). The fourth-order valence-electron chi connectivity index (χ4n) is 2.28. The van der Waals surface area contributed by atoms with Crippen molar-refractivity contribution in [3.8, 4) is 0 Å². The van der Waals surface area contributed by atoms with Crippen molar-refractivity contribution in [2.75, 3.05) is 0 Å². The Bertz CT molecular complexity index is 247. The van der Waals surface area contributed by atoms with Gasteiger partial charge in [-0.1, -0.05) is 27.7 Å². The van der Waals surface area contributed by atoms with Gasteiger partial charge in [-0.05, 0) is 26.2 Å². The largest absolute Gasteiger partial charge is 0.458 e. The minimum absolute atomic E-state index is 0.0244. The first-order valence-corrected chi connectivity index (χ1v) is 5.52. The van der Waals surface area contributed by atoms with Crippen LogP contribution in [0.1, 0.15) is 48.0 Å². The van der Waals surface area contributed by atoms with Crippen LogP contribution in [0.25, 0.3) is 0 Å². The third-order valence-electron chi connectivity index (χ3n) is 4.48. The first kappa shape index (κ1) is 11.5. The molecule has 0 radical (unpaired) electrons. The first-order valence-electron chi connectivity index (χ1n) is 5.52. The predicted molar refractivity (Wildman–Crippen MR) is 56.9 cm³/mol.